The summed E-state index contributed by atoms with van der Waals surface area (Å²) < 4.78 is 35.8. The maximum Gasteiger partial charge on any atom is 0.318 e. The minimum Gasteiger partial charge on any atom is -0.467 e. The van der Waals surface area contributed by atoms with Crippen molar-refractivity contribution in [2.24, 2.45) is 0 Å². The molecule has 1 fully saturated rings. The summed E-state index contributed by atoms with van der Waals surface area (Å²) in [6, 6.07) is 8.53. The monoisotopic (exact) mass is 444 g/mol. The van der Waals surface area contributed by atoms with Crippen LogP contribution in [-0.2, 0) is 0 Å². The minimum atomic E-state index is -0.626. The molecule has 0 bridgehead atoms. The number of hydrogen-bond donors (Lipinski definition) is 0. The molecule has 0 saturated carbocycles. The predicted molar refractivity (Wildman–Crippen MR) is 125 cm³/mol. The van der Waals surface area contributed by atoms with Crippen molar-refractivity contribution in [2.75, 3.05) is 18.6 Å². The van der Waals surface area contributed by atoms with E-state index in [4.69, 9.17) is 11.2 Å². The second-order valence-electron chi connectivity index (χ2n) is 8.23. The third kappa shape index (κ3) is 3.43. The van der Waals surface area contributed by atoms with Crippen LogP contribution >= 0.6 is 0 Å². The summed E-state index contributed by atoms with van der Waals surface area (Å²) in [7, 11) is 1.46. The van der Waals surface area contributed by atoms with Crippen molar-refractivity contribution >= 4 is 27.5 Å². The van der Waals surface area contributed by atoms with E-state index in [1.54, 1.807) is 30.5 Å². The lowest BCUT2D eigenvalue weighted by Crippen LogP contribution is -2.38. The molecule has 33 heavy (non-hydrogen) atoms. The maximum atomic E-state index is 16.0. The first-order valence-electron chi connectivity index (χ1n) is 10.9. The van der Waals surface area contributed by atoms with Gasteiger partial charge in [0.05, 0.1) is 18.1 Å². The molecule has 1 aliphatic rings. The molecular weight excluding hydrogens is 422 g/mol. The van der Waals surface area contributed by atoms with E-state index in [1.807, 2.05) is 0 Å². The fourth-order valence-electron chi connectivity index (χ4n) is 4.62. The number of aromatic nitrogens is 3. The third-order valence-corrected chi connectivity index (χ3v) is 6.30. The van der Waals surface area contributed by atoms with Gasteiger partial charge in [-0.25, -0.2) is 8.78 Å². The number of hydrogen-bond acceptors (Lipinski definition) is 5. The molecule has 1 atom stereocenters. The molecule has 2 aromatic carbocycles. The van der Waals surface area contributed by atoms with Crippen molar-refractivity contribution in [2.45, 2.75) is 32.2 Å². The highest BCUT2D eigenvalue weighted by Crippen LogP contribution is 2.37. The summed E-state index contributed by atoms with van der Waals surface area (Å²) >= 11 is 0. The highest BCUT2D eigenvalue weighted by atomic mass is 19.1. The number of pyridine rings is 1. The predicted octanol–water partition coefficient (Wildman–Crippen LogP) is 5.49. The first-order chi connectivity index (χ1) is 16.0. The Morgan fingerprint density at radius 1 is 1.15 bits per heavy atom. The number of fused-ring (bicyclic) bond motifs is 2. The summed E-state index contributed by atoms with van der Waals surface area (Å²) in [4.78, 5) is 15.5. The molecule has 5 rings (SSSR count). The lowest BCUT2D eigenvalue weighted by molar-refractivity contribution is 0.379. The molecule has 0 amide bonds. The number of terminal acetylenes is 1. The van der Waals surface area contributed by atoms with E-state index in [0.29, 0.717) is 27.5 Å². The molecule has 0 aliphatic carbocycles. The second kappa shape index (κ2) is 8.28. The van der Waals surface area contributed by atoms with Crippen LogP contribution in [0.2, 0.25) is 0 Å². The van der Waals surface area contributed by atoms with Gasteiger partial charge in [-0.15, -0.1) is 6.42 Å². The SMILES string of the molecule is C#Cc1c(F)ccc2cccc(-c3ncc4c(N5CCCCC5C)nc(OC)nc4c3F)c12. The molecule has 4 aromatic rings. The van der Waals surface area contributed by atoms with Crippen LogP contribution in [0.25, 0.3) is 32.9 Å². The van der Waals surface area contributed by atoms with Crippen molar-refractivity contribution in [3.05, 3.63) is 53.7 Å². The lowest BCUT2D eigenvalue weighted by atomic mass is 9.96. The smallest absolute Gasteiger partial charge is 0.318 e. The molecule has 1 unspecified atom stereocenters. The second-order valence-corrected chi connectivity index (χ2v) is 8.23. The van der Waals surface area contributed by atoms with E-state index in [9.17, 15) is 4.39 Å². The third-order valence-electron chi connectivity index (χ3n) is 6.30. The molecule has 7 heteroatoms. The minimum absolute atomic E-state index is 0.0496. The Bertz CT molecular complexity index is 1430. The summed E-state index contributed by atoms with van der Waals surface area (Å²) in [5.74, 6) is 1.85. The number of anilines is 1. The van der Waals surface area contributed by atoms with Gasteiger partial charge < -0.3 is 9.64 Å². The topological polar surface area (TPSA) is 51.1 Å². The Balaban J connectivity index is 1.79. The molecule has 1 saturated heterocycles. The highest BCUT2D eigenvalue weighted by molar-refractivity contribution is 6.02. The van der Waals surface area contributed by atoms with Crippen LogP contribution in [0.3, 0.4) is 0 Å². The summed E-state index contributed by atoms with van der Waals surface area (Å²) in [6.07, 6.45) is 10.4. The Labute approximate surface area is 190 Å². The van der Waals surface area contributed by atoms with Crippen molar-refractivity contribution in [3.8, 4) is 29.6 Å². The molecule has 3 heterocycles. The van der Waals surface area contributed by atoms with Gasteiger partial charge in [-0.1, -0.05) is 30.2 Å². The van der Waals surface area contributed by atoms with Crippen LogP contribution in [0.1, 0.15) is 31.7 Å². The average molecular weight is 444 g/mol. The summed E-state index contributed by atoms with van der Waals surface area (Å²) in [6.45, 7) is 2.94. The van der Waals surface area contributed by atoms with E-state index >= 15 is 4.39 Å². The van der Waals surface area contributed by atoms with Crippen LogP contribution < -0.4 is 9.64 Å². The van der Waals surface area contributed by atoms with Gasteiger partial charge in [0, 0.05) is 29.7 Å². The van der Waals surface area contributed by atoms with Crippen LogP contribution in [0, 0.1) is 24.0 Å². The molecule has 0 spiro atoms. The zero-order valence-electron chi connectivity index (χ0n) is 18.4. The molecule has 166 valence electrons. The van der Waals surface area contributed by atoms with Crippen LogP contribution in [0.5, 0.6) is 6.01 Å². The van der Waals surface area contributed by atoms with E-state index < -0.39 is 11.6 Å². The molecular formula is C26H22F2N4O. The fourth-order valence-corrected chi connectivity index (χ4v) is 4.62. The molecule has 2 aromatic heterocycles. The fraction of sp³-hybridized carbons (Fsp3) is 0.269. The number of halogens is 2. The number of piperidine rings is 1. The first kappa shape index (κ1) is 21.1. The van der Waals surface area contributed by atoms with Gasteiger partial charge in [-0.3, -0.25) is 4.98 Å². The van der Waals surface area contributed by atoms with Gasteiger partial charge in [-0.05, 0) is 37.6 Å². The van der Waals surface area contributed by atoms with E-state index in [0.717, 1.165) is 25.8 Å². The molecule has 0 radical (unpaired) electrons. The van der Waals surface area contributed by atoms with Crippen LogP contribution in [0.15, 0.2) is 36.5 Å². The van der Waals surface area contributed by atoms with Gasteiger partial charge in [0.2, 0.25) is 0 Å². The van der Waals surface area contributed by atoms with Crippen molar-refractivity contribution in [3.63, 3.8) is 0 Å². The number of ether oxygens (including phenoxy) is 1. The van der Waals surface area contributed by atoms with Gasteiger partial charge in [0.15, 0.2) is 5.82 Å². The van der Waals surface area contributed by atoms with E-state index in [2.05, 4.69) is 32.7 Å². The summed E-state index contributed by atoms with van der Waals surface area (Å²) in [5, 5.41) is 1.65. The van der Waals surface area contributed by atoms with Gasteiger partial charge in [0.1, 0.15) is 22.8 Å². The summed E-state index contributed by atoms with van der Waals surface area (Å²) in [5.41, 5.74) is 0.640. The molecule has 5 nitrogen and oxygen atoms in total. The van der Waals surface area contributed by atoms with E-state index in [-0.39, 0.29) is 28.8 Å². The molecule has 0 N–H and O–H groups in total. The average Bonchev–Trinajstić information content (AvgIpc) is 2.84. The van der Waals surface area contributed by atoms with Gasteiger partial charge in [-0.2, -0.15) is 9.97 Å². The number of methoxy groups -OCH3 is 1. The van der Waals surface area contributed by atoms with Crippen molar-refractivity contribution in [1.29, 1.82) is 0 Å². The lowest BCUT2D eigenvalue weighted by Gasteiger charge is -2.35. The normalized spacial score (nSPS) is 16.2. The number of benzene rings is 2. The van der Waals surface area contributed by atoms with Crippen LogP contribution in [0.4, 0.5) is 14.6 Å². The largest absolute Gasteiger partial charge is 0.467 e. The van der Waals surface area contributed by atoms with E-state index in [1.165, 1.54) is 13.2 Å². The number of rotatable bonds is 3. The Morgan fingerprint density at radius 3 is 2.76 bits per heavy atom. The zero-order chi connectivity index (χ0) is 23.1. The maximum absolute atomic E-state index is 16.0. The Morgan fingerprint density at radius 2 is 2.00 bits per heavy atom. The van der Waals surface area contributed by atoms with Crippen molar-refractivity contribution in [1.82, 2.24) is 15.0 Å². The highest BCUT2D eigenvalue weighted by Gasteiger charge is 2.26. The Kier molecular flexibility index (Phi) is 5.29. The quantitative estimate of drug-likeness (QED) is 0.391. The van der Waals surface area contributed by atoms with Gasteiger partial charge in [0.25, 0.3) is 0 Å². The number of nitrogens with zero attached hydrogens (tertiary/aromatic N) is 4. The molecule has 1 aliphatic heterocycles. The van der Waals surface area contributed by atoms with Crippen molar-refractivity contribution < 1.29 is 13.5 Å². The zero-order valence-corrected chi connectivity index (χ0v) is 18.4. The standard InChI is InChI=1S/C26H22F2N4O/c1-4-17-20(27)12-11-16-9-7-10-18(21(16)17)23-22(28)24-19(14-29-23)25(31-26(30-24)33-3)32-13-6-5-8-15(32)2/h1,7,9-12,14-15H,5-6,8,13H2,2-3H3. The first-order valence-corrected chi connectivity index (χ1v) is 10.9. The Hall–Kier alpha value is -3.79. The van der Waals surface area contributed by atoms with Gasteiger partial charge >= 0.3 is 6.01 Å². The van der Waals surface area contributed by atoms with Crippen LogP contribution in [-0.4, -0.2) is 34.6 Å².